The molecule has 0 aromatic heterocycles. The molecule has 2 N–H and O–H groups in total. The topological polar surface area (TPSA) is 68.8 Å². The zero-order valence-corrected chi connectivity index (χ0v) is 10.8. The minimum Gasteiger partial charge on any atom is -0.383 e. The number of ether oxygens (including phenoxy) is 3. The molecule has 0 aliphatic rings. The molecule has 102 valence electrons. The van der Waals surface area contributed by atoms with Crippen LogP contribution in [-0.2, 0) is 19.0 Å². The van der Waals surface area contributed by atoms with Crippen molar-refractivity contribution in [2.45, 2.75) is 6.42 Å². The molecule has 6 heteroatoms. The summed E-state index contributed by atoms with van der Waals surface area (Å²) in [6.45, 7) is 4.11. The van der Waals surface area contributed by atoms with Crippen molar-refractivity contribution in [2.75, 3.05) is 60.3 Å². The Labute approximate surface area is 103 Å². The van der Waals surface area contributed by atoms with Crippen LogP contribution in [0.4, 0.5) is 0 Å². The van der Waals surface area contributed by atoms with Crippen LogP contribution in [-0.4, -0.2) is 66.2 Å². The number of hydrogen-bond donors (Lipinski definition) is 2. The Bertz CT molecular complexity index is 179. The average molecular weight is 248 g/mol. The number of amides is 1. The van der Waals surface area contributed by atoms with E-state index in [0.29, 0.717) is 46.1 Å². The van der Waals surface area contributed by atoms with Crippen LogP contribution in [0.5, 0.6) is 0 Å². The molecule has 0 aliphatic heterocycles. The lowest BCUT2D eigenvalue weighted by atomic mass is 10.4. The number of carbonyl (C=O) groups is 1. The van der Waals surface area contributed by atoms with E-state index in [4.69, 9.17) is 14.2 Å². The van der Waals surface area contributed by atoms with Gasteiger partial charge < -0.3 is 24.8 Å². The van der Waals surface area contributed by atoms with Crippen molar-refractivity contribution in [1.82, 2.24) is 10.6 Å². The lowest BCUT2D eigenvalue weighted by Gasteiger charge is -2.07. The van der Waals surface area contributed by atoms with Crippen LogP contribution in [0.15, 0.2) is 0 Å². The summed E-state index contributed by atoms with van der Waals surface area (Å²) in [5, 5.41) is 5.77. The van der Waals surface area contributed by atoms with Gasteiger partial charge in [-0.3, -0.25) is 4.79 Å². The van der Waals surface area contributed by atoms with Crippen molar-refractivity contribution in [3.05, 3.63) is 0 Å². The lowest BCUT2D eigenvalue weighted by molar-refractivity contribution is -0.120. The third-order valence-electron chi connectivity index (χ3n) is 1.99. The van der Waals surface area contributed by atoms with E-state index in [1.807, 2.05) is 0 Å². The molecule has 0 aromatic rings. The smallest absolute Gasteiger partial charge is 0.233 e. The predicted molar refractivity (Wildman–Crippen MR) is 65.1 cm³/mol. The molecule has 0 bridgehead atoms. The first-order valence-corrected chi connectivity index (χ1v) is 5.84. The molecule has 0 aromatic carbocycles. The second kappa shape index (κ2) is 13.4. The zero-order chi connectivity index (χ0) is 12.8. The number of carbonyl (C=O) groups excluding carboxylic acids is 1. The van der Waals surface area contributed by atoms with Crippen LogP contribution in [0.25, 0.3) is 0 Å². The maximum absolute atomic E-state index is 11.3. The fourth-order valence-corrected chi connectivity index (χ4v) is 1.09. The summed E-state index contributed by atoms with van der Waals surface area (Å²) >= 11 is 0. The molecule has 0 unspecified atom stereocenters. The van der Waals surface area contributed by atoms with Gasteiger partial charge in [-0.15, -0.1) is 0 Å². The summed E-state index contributed by atoms with van der Waals surface area (Å²) in [5.74, 6) is -0.00186. The summed E-state index contributed by atoms with van der Waals surface area (Å²) in [6, 6.07) is 0. The highest BCUT2D eigenvalue weighted by molar-refractivity contribution is 5.77. The molecule has 0 rings (SSSR count). The van der Waals surface area contributed by atoms with E-state index in [1.165, 1.54) is 0 Å². The first kappa shape index (κ1) is 16.3. The van der Waals surface area contributed by atoms with E-state index < -0.39 is 0 Å². The molecule has 0 saturated carbocycles. The molecule has 0 heterocycles. The highest BCUT2D eigenvalue weighted by atomic mass is 16.5. The first-order chi connectivity index (χ1) is 8.31. The number of nitrogens with one attached hydrogen (secondary N) is 2. The van der Waals surface area contributed by atoms with Crippen molar-refractivity contribution >= 4 is 5.91 Å². The van der Waals surface area contributed by atoms with Crippen LogP contribution >= 0.6 is 0 Å². The van der Waals surface area contributed by atoms with Gasteiger partial charge in [0.2, 0.25) is 5.91 Å². The summed E-state index contributed by atoms with van der Waals surface area (Å²) in [5.41, 5.74) is 0. The molecule has 0 aliphatic carbocycles. The molecule has 17 heavy (non-hydrogen) atoms. The Morgan fingerprint density at radius 3 is 2.47 bits per heavy atom. The lowest BCUT2D eigenvalue weighted by Crippen LogP contribution is -2.35. The molecule has 0 fully saturated rings. The van der Waals surface area contributed by atoms with Gasteiger partial charge in [-0.05, 0) is 6.42 Å². The maximum Gasteiger partial charge on any atom is 0.233 e. The van der Waals surface area contributed by atoms with Crippen molar-refractivity contribution in [3.63, 3.8) is 0 Å². The monoisotopic (exact) mass is 248 g/mol. The molecule has 0 atom stereocenters. The summed E-state index contributed by atoms with van der Waals surface area (Å²) in [7, 11) is 3.27. The van der Waals surface area contributed by atoms with Gasteiger partial charge in [-0.25, -0.2) is 0 Å². The van der Waals surface area contributed by atoms with Gasteiger partial charge in [0.15, 0.2) is 0 Å². The Morgan fingerprint density at radius 1 is 1.00 bits per heavy atom. The molecular formula is C11H24N2O4. The van der Waals surface area contributed by atoms with E-state index in [0.717, 1.165) is 6.42 Å². The second-order valence-electron chi connectivity index (χ2n) is 3.48. The van der Waals surface area contributed by atoms with Gasteiger partial charge in [0.1, 0.15) is 0 Å². The normalized spacial score (nSPS) is 10.5. The third-order valence-corrected chi connectivity index (χ3v) is 1.99. The van der Waals surface area contributed by atoms with E-state index >= 15 is 0 Å². The Balaban J connectivity index is 3.11. The standard InChI is InChI=1S/C11H24N2O4/c1-15-7-5-12-10-11(14)13-4-3-6-17-9-8-16-2/h12H,3-10H2,1-2H3,(H,13,14). The van der Waals surface area contributed by atoms with Gasteiger partial charge in [0.25, 0.3) is 0 Å². The van der Waals surface area contributed by atoms with Crippen molar-refractivity contribution in [2.24, 2.45) is 0 Å². The summed E-state index contributed by atoms with van der Waals surface area (Å²) in [6.07, 6.45) is 0.813. The minimum absolute atomic E-state index is 0.00186. The first-order valence-electron chi connectivity index (χ1n) is 5.84. The highest BCUT2D eigenvalue weighted by Crippen LogP contribution is 1.81. The van der Waals surface area contributed by atoms with E-state index in [2.05, 4.69) is 10.6 Å². The molecule has 6 nitrogen and oxygen atoms in total. The van der Waals surface area contributed by atoms with Gasteiger partial charge >= 0.3 is 0 Å². The number of rotatable bonds is 12. The van der Waals surface area contributed by atoms with Crippen LogP contribution in [0, 0.1) is 0 Å². The van der Waals surface area contributed by atoms with Crippen molar-refractivity contribution in [3.8, 4) is 0 Å². The third kappa shape index (κ3) is 13.2. The van der Waals surface area contributed by atoms with Crippen LogP contribution in [0.2, 0.25) is 0 Å². The minimum atomic E-state index is -0.00186. The van der Waals surface area contributed by atoms with Crippen LogP contribution < -0.4 is 10.6 Å². The van der Waals surface area contributed by atoms with Gasteiger partial charge in [0.05, 0.1) is 26.4 Å². The Morgan fingerprint density at radius 2 is 1.76 bits per heavy atom. The summed E-state index contributed by atoms with van der Waals surface area (Å²) in [4.78, 5) is 11.3. The van der Waals surface area contributed by atoms with Gasteiger partial charge in [0, 0.05) is 33.9 Å². The highest BCUT2D eigenvalue weighted by Gasteiger charge is 1.98. The van der Waals surface area contributed by atoms with Crippen molar-refractivity contribution in [1.29, 1.82) is 0 Å². The van der Waals surface area contributed by atoms with Gasteiger partial charge in [-0.2, -0.15) is 0 Å². The average Bonchev–Trinajstić information content (AvgIpc) is 2.33. The van der Waals surface area contributed by atoms with E-state index in [1.54, 1.807) is 14.2 Å². The SMILES string of the molecule is COCCNCC(=O)NCCCOCCOC. The molecule has 0 radical (unpaired) electrons. The fraction of sp³-hybridized carbons (Fsp3) is 0.909. The number of methoxy groups -OCH3 is 2. The molecule has 0 spiro atoms. The Kier molecular flexibility index (Phi) is 12.8. The van der Waals surface area contributed by atoms with Crippen LogP contribution in [0.3, 0.4) is 0 Å². The number of hydrogen-bond acceptors (Lipinski definition) is 5. The molecular weight excluding hydrogens is 224 g/mol. The summed E-state index contributed by atoms with van der Waals surface area (Å²) < 4.78 is 14.9. The quantitative estimate of drug-likeness (QED) is 0.451. The predicted octanol–water partition coefficient (Wildman–Crippen LogP) is -0.608. The fourth-order valence-electron chi connectivity index (χ4n) is 1.09. The molecule has 1 amide bonds. The zero-order valence-electron chi connectivity index (χ0n) is 10.8. The van der Waals surface area contributed by atoms with Gasteiger partial charge in [-0.1, -0.05) is 0 Å². The Hall–Kier alpha value is -0.690. The molecule has 0 saturated heterocycles. The van der Waals surface area contributed by atoms with E-state index in [-0.39, 0.29) is 5.91 Å². The second-order valence-corrected chi connectivity index (χ2v) is 3.48. The largest absolute Gasteiger partial charge is 0.383 e. The van der Waals surface area contributed by atoms with Crippen LogP contribution in [0.1, 0.15) is 6.42 Å². The maximum atomic E-state index is 11.3. The van der Waals surface area contributed by atoms with Crippen molar-refractivity contribution < 1.29 is 19.0 Å². The van der Waals surface area contributed by atoms with E-state index in [9.17, 15) is 4.79 Å².